The third-order valence-electron chi connectivity index (χ3n) is 4.09. The van der Waals surface area contributed by atoms with E-state index in [0.29, 0.717) is 27.5 Å². The maximum absolute atomic E-state index is 12.7. The van der Waals surface area contributed by atoms with Crippen LogP contribution in [0.3, 0.4) is 0 Å². The van der Waals surface area contributed by atoms with Gasteiger partial charge in [0.2, 0.25) is 0 Å². The number of fused-ring (bicyclic) bond motifs is 1. The number of rotatable bonds is 4. The van der Waals surface area contributed by atoms with Crippen molar-refractivity contribution >= 4 is 21.6 Å². The predicted octanol–water partition coefficient (Wildman–Crippen LogP) is 3.73. The number of thiophene rings is 1. The van der Waals surface area contributed by atoms with E-state index in [-0.39, 0.29) is 5.56 Å². The van der Waals surface area contributed by atoms with E-state index in [9.17, 15) is 4.79 Å². The average Bonchev–Trinajstić information content (AvgIpc) is 3.12. The number of nitrogens with one attached hydrogen (secondary N) is 1. The second-order valence-electron chi connectivity index (χ2n) is 5.55. The highest BCUT2D eigenvalue weighted by atomic mass is 32.1. The number of aromatic nitrogens is 3. The summed E-state index contributed by atoms with van der Waals surface area (Å²) in [5.41, 5.74) is 2.34. The predicted molar refractivity (Wildman–Crippen MR) is 102 cm³/mol. The molecule has 0 saturated carbocycles. The Morgan fingerprint density at radius 1 is 1.00 bits per heavy atom. The molecule has 4 aromatic rings. The molecule has 0 saturated heterocycles. The van der Waals surface area contributed by atoms with Gasteiger partial charge in [-0.25, -0.2) is 4.98 Å². The lowest BCUT2D eigenvalue weighted by Gasteiger charge is -2.09. The molecule has 0 aliphatic heterocycles. The van der Waals surface area contributed by atoms with E-state index in [1.807, 2.05) is 35.7 Å². The summed E-state index contributed by atoms with van der Waals surface area (Å²) in [6.45, 7) is 0. The zero-order valence-corrected chi connectivity index (χ0v) is 15.0. The number of ether oxygens (including phenoxy) is 2. The summed E-state index contributed by atoms with van der Waals surface area (Å²) < 4.78 is 10.6. The number of benzene rings is 1. The van der Waals surface area contributed by atoms with Crippen molar-refractivity contribution < 1.29 is 9.47 Å². The Hall–Kier alpha value is -3.19. The Balaban J connectivity index is 1.87. The average molecular weight is 365 g/mol. The third-order valence-corrected chi connectivity index (χ3v) is 4.96. The summed E-state index contributed by atoms with van der Waals surface area (Å²) in [6, 6.07) is 9.21. The standard InChI is InChI=1S/C19H15N3O3S/c1-24-14-4-3-12(9-15(14)25-2)13-10-26-19-16(13)18(23)21-17(22-19)11-5-7-20-8-6-11/h3-10H,1-2H3,(H,21,22,23). The van der Waals surface area contributed by atoms with Crippen molar-refractivity contribution in [3.8, 4) is 34.0 Å². The molecule has 0 aliphatic carbocycles. The van der Waals surface area contributed by atoms with Gasteiger partial charge in [0.15, 0.2) is 11.5 Å². The van der Waals surface area contributed by atoms with Gasteiger partial charge in [0.05, 0.1) is 19.6 Å². The molecular formula is C19H15N3O3S. The van der Waals surface area contributed by atoms with Gasteiger partial charge in [-0.2, -0.15) is 0 Å². The Bertz CT molecular complexity index is 1140. The molecule has 4 rings (SSSR count). The van der Waals surface area contributed by atoms with Gasteiger partial charge in [0.25, 0.3) is 5.56 Å². The first-order valence-corrected chi connectivity index (χ1v) is 8.73. The van der Waals surface area contributed by atoms with E-state index in [0.717, 1.165) is 16.7 Å². The Morgan fingerprint density at radius 3 is 2.50 bits per heavy atom. The van der Waals surface area contributed by atoms with Crippen LogP contribution in [0.25, 0.3) is 32.7 Å². The van der Waals surface area contributed by atoms with E-state index in [4.69, 9.17) is 9.47 Å². The summed E-state index contributed by atoms with van der Waals surface area (Å²) in [6.07, 6.45) is 3.34. The minimum atomic E-state index is -0.173. The molecule has 3 aromatic heterocycles. The monoisotopic (exact) mass is 365 g/mol. The largest absolute Gasteiger partial charge is 0.493 e. The van der Waals surface area contributed by atoms with Gasteiger partial charge >= 0.3 is 0 Å². The molecule has 0 unspecified atom stereocenters. The molecule has 3 heterocycles. The van der Waals surface area contributed by atoms with Crippen LogP contribution in [0.4, 0.5) is 0 Å². The van der Waals surface area contributed by atoms with Crippen LogP contribution < -0.4 is 15.0 Å². The smallest absolute Gasteiger partial charge is 0.260 e. The van der Waals surface area contributed by atoms with Crippen LogP contribution in [0.5, 0.6) is 11.5 Å². The first-order chi connectivity index (χ1) is 12.7. The van der Waals surface area contributed by atoms with Gasteiger partial charge in [0, 0.05) is 28.9 Å². The lowest BCUT2D eigenvalue weighted by Crippen LogP contribution is -2.09. The van der Waals surface area contributed by atoms with Crippen LogP contribution >= 0.6 is 11.3 Å². The molecule has 1 N–H and O–H groups in total. The number of methoxy groups -OCH3 is 2. The van der Waals surface area contributed by atoms with Crippen molar-refractivity contribution in [1.82, 2.24) is 15.0 Å². The summed E-state index contributed by atoms with van der Waals surface area (Å²) >= 11 is 1.44. The number of nitrogens with zero attached hydrogens (tertiary/aromatic N) is 2. The normalized spacial score (nSPS) is 10.8. The van der Waals surface area contributed by atoms with Crippen LogP contribution in [0.2, 0.25) is 0 Å². The number of aromatic amines is 1. The molecule has 7 heteroatoms. The lowest BCUT2D eigenvalue weighted by atomic mass is 10.1. The highest BCUT2D eigenvalue weighted by Crippen LogP contribution is 2.36. The molecular weight excluding hydrogens is 350 g/mol. The van der Waals surface area contributed by atoms with E-state index >= 15 is 0 Å². The van der Waals surface area contributed by atoms with E-state index in [2.05, 4.69) is 15.0 Å². The van der Waals surface area contributed by atoms with Gasteiger partial charge in [-0.3, -0.25) is 9.78 Å². The molecule has 0 aliphatic rings. The fourth-order valence-corrected chi connectivity index (χ4v) is 3.76. The van der Waals surface area contributed by atoms with Crippen molar-refractivity contribution in [3.05, 3.63) is 58.5 Å². The van der Waals surface area contributed by atoms with E-state index in [1.54, 1.807) is 26.6 Å². The maximum atomic E-state index is 12.7. The van der Waals surface area contributed by atoms with Crippen LogP contribution in [0, 0.1) is 0 Å². The summed E-state index contributed by atoms with van der Waals surface area (Å²) in [7, 11) is 3.18. The van der Waals surface area contributed by atoms with Gasteiger partial charge in [-0.05, 0) is 29.8 Å². The van der Waals surface area contributed by atoms with Crippen LogP contribution in [0.1, 0.15) is 0 Å². The first-order valence-electron chi connectivity index (χ1n) is 7.85. The number of H-pyrrole nitrogens is 1. The minimum Gasteiger partial charge on any atom is -0.493 e. The summed E-state index contributed by atoms with van der Waals surface area (Å²) in [5.74, 6) is 1.79. The molecule has 1 aromatic carbocycles. The molecule has 130 valence electrons. The van der Waals surface area contributed by atoms with Gasteiger partial charge in [-0.15, -0.1) is 11.3 Å². The van der Waals surface area contributed by atoms with Crippen molar-refractivity contribution in [2.45, 2.75) is 0 Å². The van der Waals surface area contributed by atoms with Gasteiger partial charge in [0.1, 0.15) is 10.7 Å². The quantitative estimate of drug-likeness (QED) is 0.596. The lowest BCUT2D eigenvalue weighted by molar-refractivity contribution is 0.355. The van der Waals surface area contributed by atoms with E-state index < -0.39 is 0 Å². The highest BCUT2D eigenvalue weighted by molar-refractivity contribution is 7.17. The summed E-state index contributed by atoms with van der Waals surface area (Å²) in [4.78, 5) is 24.9. The van der Waals surface area contributed by atoms with Crippen LogP contribution in [-0.2, 0) is 0 Å². The van der Waals surface area contributed by atoms with Crippen molar-refractivity contribution in [2.75, 3.05) is 14.2 Å². The van der Waals surface area contributed by atoms with Crippen LogP contribution in [0.15, 0.2) is 52.9 Å². The van der Waals surface area contributed by atoms with Crippen molar-refractivity contribution in [3.63, 3.8) is 0 Å². The Kier molecular flexibility index (Phi) is 4.14. The number of hydrogen-bond acceptors (Lipinski definition) is 6. The Labute approximate surface area is 153 Å². The van der Waals surface area contributed by atoms with E-state index in [1.165, 1.54) is 11.3 Å². The molecule has 0 spiro atoms. The zero-order chi connectivity index (χ0) is 18.1. The highest BCUT2D eigenvalue weighted by Gasteiger charge is 2.15. The molecule has 0 bridgehead atoms. The first kappa shape index (κ1) is 16.3. The fourth-order valence-electron chi connectivity index (χ4n) is 2.81. The molecule has 6 nitrogen and oxygen atoms in total. The Morgan fingerprint density at radius 2 is 1.77 bits per heavy atom. The van der Waals surface area contributed by atoms with Crippen LogP contribution in [-0.4, -0.2) is 29.2 Å². The SMILES string of the molecule is COc1ccc(-c2csc3nc(-c4ccncc4)[nH]c(=O)c23)cc1OC. The van der Waals surface area contributed by atoms with Crippen molar-refractivity contribution in [2.24, 2.45) is 0 Å². The molecule has 0 atom stereocenters. The topological polar surface area (TPSA) is 77.1 Å². The maximum Gasteiger partial charge on any atom is 0.260 e. The van der Waals surface area contributed by atoms with Gasteiger partial charge in [-0.1, -0.05) is 6.07 Å². The summed E-state index contributed by atoms with van der Waals surface area (Å²) in [5, 5.41) is 2.50. The minimum absolute atomic E-state index is 0.173. The molecule has 0 amide bonds. The second-order valence-corrected chi connectivity index (χ2v) is 6.41. The van der Waals surface area contributed by atoms with Gasteiger partial charge < -0.3 is 14.5 Å². The molecule has 26 heavy (non-hydrogen) atoms. The fraction of sp³-hybridized carbons (Fsp3) is 0.105. The van der Waals surface area contributed by atoms with Crippen molar-refractivity contribution in [1.29, 1.82) is 0 Å². The third kappa shape index (κ3) is 2.72. The molecule has 0 fully saturated rings. The molecule has 0 radical (unpaired) electrons. The number of pyridine rings is 1. The number of hydrogen-bond donors (Lipinski definition) is 1. The zero-order valence-electron chi connectivity index (χ0n) is 14.1. The second kappa shape index (κ2) is 6.61.